The molecule has 0 saturated heterocycles. The van der Waals surface area contributed by atoms with Crippen molar-refractivity contribution in [2.45, 2.75) is 33.8 Å². The standard InChI is InChI=1S/C18H23NO/c1-12-5-6-14(3)17(9-12)18(11-19)20-16-8-7-13(2)15(4)10-16/h5-10,18H,11,19H2,1-4H3. The van der Waals surface area contributed by atoms with Gasteiger partial charge in [-0.05, 0) is 62.1 Å². The summed E-state index contributed by atoms with van der Waals surface area (Å²) in [6, 6.07) is 12.6. The van der Waals surface area contributed by atoms with Crippen LogP contribution in [0.3, 0.4) is 0 Å². The first-order valence-corrected chi connectivity index (χ1v) is 7.02. The fourth-order valence-corrected chi connectivity index (χ4v) is 2.30. The molecule has 2 rings (SSSR count). The van der Waals surface area contributed by atoms with Crippen LogP contribution in [0.2, 0.25) is 0 Å². The largest absolute Gasteiger partial charge is 0.484 e. The molecule has 0 bridgehead atoms. The quantitative estimate of drug-likeness (QED) is 0.910. The second kappa shape index (κ2) is 6.10. The minimum atomic E-state index is -0.1000. The van der Waals surface area contributed by atoms with Crippen molar-refractivity contribution in [3.05, 3.63) is 64.2 Å². The third-order valence-corrected chi connectivity index (χ3v) is 3.75. The SMILES string of the molecule is Cc1ccc(C)c(C(CN)Oc2ccc(C)c(C)c2)c1. The van der Waals surface area contributed by atoms with Gasteiger partial charge in [-0.1, -0.05) is 29.8 Å². The summed E-state index contributed by atoms with van der Waals surface area (Å²) in [5, 5.41) is 0. The van der Waals surface area contributed by atoms with Crippen molar-refractivity contribution in [3.63, 3.8) is 0 Å². The van der Waals surface area contributed by atoms with Crippen molar-refractivity contribution in [1.82, 2.24) is 0 Å². The van der Waals surface area contributed by atoms with E-state index >= 15 is 0 Å². The van der Waals surface area contributed by atoms with E-state index in [0.29, 0.717) is 6.54 Å². The highest BCUT2D eigenvalue weighted by Gasteiger charge is 2.14. The van der Waals surface area contributed by atoms with Crippen LogP contribution in [0.25, 0.3) is 0 Å². The van der Waals surface area contributed by atoms with Gasteiger partial charge < -0.3 is 10.5 Å². The molecule has 0 aliphatic rings. The van der Waals surface area contributed by atoms with Crippen LogP contribution in [0.4, 0.5) is 0 Å². The van der Waals surface area contributed by atoms with E-state index < -0.39 is 0 Å². The zero-order valence-corrected chi connectivity index (χ0v) is 12.7. The van der Waals surface area contributed by atoms with E-state index in [0.717, 1.165) is 5.75 Å². The van der Waals surface area contributed by atoms with Gasteiger partial charge >= 0.3 is 0 Å². The second-order valence-electron chi connectivity index (χ2n) is 5.45. The predicted molar refractivity (Wildman–Crippen MR) is 84.3 cm³/mol. The fraction of sp³-hybridized carbons (Fsp3) is 0.333. The van der Waals surface area contributed by atoms with Gasteiger partial charge in [0.05, 0.1) is 0 Å². The molecule has 1 unspecified atom stereocenters. The van der Waals surface area contributed by atoms with Crippen LogP contribution in [0.1, 0.15) is 33.9 Å². The zero-order valence-electron chi connectivity index (χ0n) is 12.7. The Morgan fingerprint density at radius 3 is 2.25 bits per heavy atom. The Hall–Kier alpha value is -1.80. The molecule has 0 fully saturated rings. The van der Waals surface area contributed by atoms with Gasteiger partial charge in [-0.15, -0.1) is 0 Å². The summed E-state index contributed by atoms with van der Waals surface area (Å²) < 4.78 is 6.10. The average Bonchev–Trinajstić information content (AvgIpc) is 2.43. The molecular weight excluding hydrogens is 246 g/mol. The van der Waals surface area contributed by atoms with Crippen molar-refractivity contribution in [1.29, 1.82) is 0 Å². The van der Waals surface area contributed by atoms with Gasteiger partial charge in [0.25, 0.3) is 0 Å². The smallest absolute Gasteiger partial charge is 0.136 e. The van der Waals surface area contributed by atoms with Crippen LogP contribution >= 0.6 is 0 Å². The number of hydrogen-bond acceptors (Lipinski definition) is 2. The third-order valence-electron chi connectivity index (χ3n) is 3.75. The van der Waals surface area contributed by atoms with E-state index in [2.05, 4.69) is 58.0 Å². The first kappa shape index (κ1) is 14.6. The van der Waals surface area contributed by atoms with Crippen LogP contribution in [0.15, 0.2) is 36.4 Å². The topological polar surface area (TPSA) is 35.2 Å². The van der Waals surface area contributed by atoms with Gasteiger partial charge in [-0.25, -0.2) is 0 Å². The summed E-state index contributed by atoms with van der Waals surface area (Å²) in [6.07, 6.45) is -0.1000. The number of nitrogens with two attached hydrogens (primary N) is 1. The summed E-state index contributed by atoms with van der Waals surface area (Å²) >= 11 is 0. The summed E-state index contributed by atoms with van der Waals surface area (Å²) in [6.45, 7) is 8.85. The van der Waals surface area contributed by atoms with E-state index in [-0.39, 0.29) is 6.10 Å². The van der Waals surface area contributed by atoms with Crippen LogP contribution in [0, 0.1) is 27.7 Å². The van der Waals surface area contributed by atoms with E-state index in [1.54, 1.807) is 0 Å². The summed E-state index contributed by atoms with van der Waals surface area (Å²) in [5.74, 6) is 0.879. The molecule has 0 saturated carbocycles. The monoisotopic (exact) mass is 269 g/mol. The molecule has 2 heteroatoms. The molecule has 2 aromatic carbocycles. The zero-order chi connectivity index (χ0) is 14.7. The van der Waals surface area contributed by atoms with E-state index in [4.69, 9.17) is 10.5 Å². The third kappa shape index (κ3) is 3.20. The summed E-state index contributed by atoms with van der Waals surface area (Å²) in [7, 11) is 0. The molecule has 2 N–H and O–H groups in total. The average molecular weight is 269 g/mol. The van der Waals surface area contributed by atoms with Crippen LogP contribution in [-0.4, -0.2) is 6.54 Å². The van der Waals surface area contributed by atoms with Crippen LogP contribution < -0.4 is 10.5 Å². The second-order valence-corrected chi connectivity index (χ2v) is 5.45. The maximum Gasteiger partial charge on any atom is 0.136 e. The highest BCUT2D eigenvalue weighted by Crippen LogP contribution is 2.26. The van der Waals surface area contributed by atoms with Crippen molar-refractivity contribution >= 4 is 0 Å². The highest BCUT2D eigenvalue weighted by molar-refractivity contribution is 5.36. The van der Waals surface area contributed by atoms with E-state index in [1.807, 2.05) is 6.07 Å². The molecule has 20 heavy (non-hydrogen) atoms. The lowest BCUT2D eigenvalue weighted by Gasteiger charge is -2.21. The van der Waals surface area contributed by atoms with Gasteiger partial charge in [0, 0.05) is 6.54 Å². The molecule has 0 amide bonds. The minimum absolute atomic E-state index is 0.1000. The molecule has 0 aliphatic carbocycles. The Balaban J connectivity index is 2.28. The lowest BCUT2D eigenvalue weighted by Crippen LogP contribution is -2.19. The fourth-order valence-electron chi connectivity index (χ4n) is 2.30. The van der Waals surface area contributed by atoms with Gasteiger partial charge in [-0.3, -0.25) is 0 Å². The normalized spacial score (nSPS) is 12.2. The Morgan fingerprint density at radius 1 is 0.900 bits per heavy atom. The summed E-state index contributed by atoms with van der Waals surface area (Å²) in [5.41, 5.74) is 12.0. The molecule has 0 aromatic heterocycles. The Labute approximate surface area is 121 Å². The molecule has 2 aromatic rings. The predicted octanol–water partition coefficient (Wildman–Crippen LogP) is 4.00. The van der Waals surface area contributed by atoms with Gasteiger partial charge in [0.15, 0.2) is 0 Å². The first-order valence-electron chi connectivity index (χ1n) is 7.02. The number of rotatable bonds is 4. The highest BCUT2D eigenvalue weighted by atomic mass is 16.5. The Kier molecular flexibility index (Phi) is 4.46. The van der Waals surface area contributed by atoms with E-state index in [1.165, 1.54) is 27.8 Å². The maximum absolute atomic E-state index is 6.10. The molecular formula is C18H23NO. The first-order chi connectivity index (χ1) is 9.51. The van der Waals surface area contributed by atoms with Crippen LogP contribution in [0.5, 0.6) is 5.75 Å². The number of benzene rings is 2. The summed E-state index contributed by atoms with van der Waals surface area (Å²) in [4.78, 5) is 0. The Bertz CT molecular complexity index is 604. The van der Waals surface area contributed by atoms with Gasteiger partial charge in [0.1, 0.15) is 11.9 Å². The van der Waals surface area contributed by atoms with Crippen molar-refractivity contribution in [2.24, 2.45) is 5.73 Å². The lowest BCUT2D eigenvalue weighted by molar-refractivity contribution is 0.213. The number of aryl methyl sites for hydroxylation is 4. The molecule has 0 aliphatic heterocycles. The molecule has 1 atom stereocenters. The molecule has 106 valence electrons. The van der Waals surface area contributed by atoms with Crippen molar-refractivity contribution in [3.8, 4) is 5.75 Å². The molecule has 0 radical (unpaired) electrons. The van der Waals surface area contributed by atoms with Crippen LogP contribution in [-0.2, 0) is 0 Å². The molecule has 0 heterocycles. The lowest BCUT2D eigenvalue weighted by atomic mass is 10.0. The van der Waals surface area contributed by atoms with Crippen molar-refractivity contribution < 1.29 is 4.74 Å². The maximum atomic E-state index is 6.10. The van der Waals surface area contributed by atoms with Gasteiger partial charge in [-0.2, -0.15) is 0 Å². The number of hydrogen-bond donors (Lipinski definition) is 1. The molecule has 0 spiro atoms. The van der Waals surface area contributed by atoms with Gasteiger partial charge in [0.2, 0.25) is 0 Å². The minimum Gasteiger partial charge on any atom is -0.484 e. The van der Waals surface area contributed by atoms with Crippen molar-refractivity contribution in [2.75, 3.05) is 6.54 Å². The van der Waals surface area contributed by atoms with E-state index in [9.17, 15) is 0 Å². The Morgan fingerprint density at radius 2 is 1.60 bits per heavy atom. The number of ether oxygens (including phenoxy) is 1. The molecule has 2 nitrogen and oxygen atoms in total.